The fourth-order valence-corrected chi connectivity index (χ4v) is 2.88. The largest absolute Gasteiger partial charge is 0.481 e. The molecule has 0 aliphatic carbocycles. The Morgan fingerprint density at radius 2 is 2.23 bits per heavy atom. The Labute approximate surface area is 134 Å². The molecule has 0 radical (unpaired) electrons. The molecule has 2 rings (SSSR count). The van der Waals surface area contributed by atoms with Crippen molar-refractivity contribution >= 4 is 23.1 Å². The van der Waals surface area contributed by atoms with Gasteiger partial charge in [0.25, 0.3) is 0 Å². The maximum atomic E-state index is 12.0. The molecule has 2 amide bonds. The highest BCUT2D eigenvalue weighted by Crippen LogP contribution is 2.22. The van der Waals surface area contributed by atoms with Crippen LogP contribution in [0.4, 0.5) is 10.5 Å². The van der Waals surface area contributed by atoms with Crippen molar-refractivity contribution < 1.29 is 9.53 Å². The third-order valence-electron chi connectivity index (χ3n) is 3.15. The first kappa shape index (κ1) is 16.3. The van der Waals surface area contributed by atoms with Crippen molar-refractivity contribution in [2.75, 3.05) is 33.1 Å². The van der Waals surface area contributed by atoms with Gasteiger partial charge in [-0.2, -0.15) is 0 Å². The zero-order valence-corrected chi connectivity index (χ0v) is 13.7. The highest BCUT2D eigenvalue weighted by molar-refractivity contribution is 7.10. The summed E-state index contributed by atoms with van der Waals surface area (Å²) in [5, 5.41) is 7.67. The Hall–Kier alpha value is -2.12. The minimum atomic E-state index is -0.254. The molecule has 2 heterocycles. The van der Waals surface area contributed by atoms with Gasteiger partial charge in [-0.15, -0.1) is 11.3 Å². The first-order chi connectivity index (χ1) is 10.6. The van der Waals surface area contributed by atoms with Crippen molar-refractivity contribution in [2.24, 2.45) is 0 Å². The van der Waals surface area contributed by atoms with Crippen LogP contribution in [0.1, 0.15) is 10.9 Å². The number of hydrogen-bond donors (Lipinski definition) is 2. The molecule has 7 heteroatoms. The molecular formula is C15H20N4O2S. The predicted octanol–water partition coefficient (Wildman–Crippen LogP) is 2.58. The summed E-state index contributed by atoms with van der Waals surface area (Å²) in [5.74, 6) is 0.510. The maximum Gasteiger partial charge on any atom is 0.319 e. The smallest absolute Gasteiger partial charge is 0.319 e. The average Bonchev–Trinajstić information content (AvgIpc) is 3.02. The number of methoxy groups -OCH3 is 1. The third kappa shape index (κ3) is 4.44. The van der Waals surface area contributed by atoms with Gasteiger partial charge in [0.05, 0.1) is 25.0 Å². The third-order valence-corrected chi connectivity index (χ3v) is 4.13. The van der Waals surface area contributed by atoms with Crippen LogP contribution in [0, 0.1) is 0 Å². The topological polar surface area (TPSA) is 66.5 Å². The SMILES string of the molecule is COc1ccc(NC(=O)NCC(c2cccs2)N(C)C)cn1. The van der Waals surface area contributed by atoms with E-state index in [1.54, 1.807) is 36.8 Å². The Kier molecular flexibility index (Phi) is 5.74. The molecule has 0 aromatic carbocycles. The number of likely N-dealkylation sites (N-methyl/N-ethyl adjacent to an activating group) is 1. The summed E-state index contributed by atoms with van der Waals surface area (Å²) < 4.78 is 4.98. The van der Waals surface area contributed by atoms with Crippen LogP contribution in [0.5, 0.6) is 5.88 Å². The van der Waals surface area contributed by atoms with E-state index in [0.29, 0.717) is 18.1 Å². The highest BCUT2D eigenvalue weighted by atomic mass is 32.1. The fraction of sp³-hybridized carbons (Fsp3) is 0.333. The van der Waals surface area contributed by atoms with E-state index in [1.165, 1.54) is 4.88 Å². The summed E-state index contributed by atoms with van der Waals surface area (Å²) in [6, 6.07) is 7.43. The molecule has 0 aliphatic rings. The fourth-order valence-electron chi connectivity index (χ4n) is 1.96. The molecule has 0 aliphatic heterocycles. The van der Waals surface area contributed by atoms with E-state index < -0.39 is 0 Å². The van der Waals surface area contributed by atoms with Crippen molar-refractivity contribution in [1.82, 2.24) is 15.2 Å². The number of thiophene rings is 1. The minimum absolute atomic E-state index is 0.153. The second-order valence-electron chi connectivity index (χ2n) is 4.92. The Balaban J connectivity index is 1.88. The van der Waals surface area contributed by atoms with E-state index >= 15 is 0 Å². The van der Waals surface area contributed by atoms with Crippen LogP contribution in [0.2, 0.25) is 0 Å². The van der Waals surface area contributed by atoms with Crippen LogP contribution >= 0.6 is 11.3 Å². The standard InChI is InChI=1S/C15H20N4O2S/c1-19(2)12(13-5-4-8-22-13)10-17-15(20)18-11-6-7-14(21-3)16-9-11/h4-9,12H,10H2,1-3H3,(H2,17,18,20). The second kappa shape index (κ2) is 7.77. The van der Waals surface area contributed by atoms with Gasteiger partial charge in [-0.05, 0) is 31.6 Å². The summed E-state index contributed by atoms with van der Waals surface area (Å²) in [6.07, 6.45) is 1.56. The van der Waals surface area contributed by atoms with E-state index in [9.17, 15) is 4.79 Å². The molecule has 118 valence electrons. The van der Waals surface area contributed by atoms with Crippen LogP contribution in [-0.2, 0) is 0 Å². The van der Waals surface area contributed by atoms with Gasteiger partial charge in [0.15, 0.2) is 0 Å². The zero-order chi connectivity index (χ0) is 15.9. The number of nitrogens with one attached hydrogen (secondary N) is 2. The van der Waals surface area contributed by atoms with Crippen LogP contribution in [0.25, 0.3) is 0 Å². The molecule has 0 bridgehead atoms. The molecule has 2 aromatic heterocycles. The van der Waals surface area contributed by atoms with Gasteiger partial charge >= 0.3 is 6.03 Å². The molecule has 2 N–H and O–H groups in total. The Bertz CT molecular complexity index is 584. The highest BCUT2D eigenvalue weighted by Gasteiger charge is 2.16. The monoisotopic (exact) mass is 320 g/mol. The van der Waals surface area contributed by atoms with Crippen molar-refractivity contribution in [3.63, 3.8) is 0 Å². The van der Waals surface area contributed by atoms with Gasteiger partial charge in [0, 0.05) is 17.5 Å². The number of hydrogen-bond acceptors (Lipinski definition) is 5. The van der Waals surface area contributed by atoms with Gasteiger partial charge in [-0.3, -0.25) is 0 Å². The van der Waals surface area contributed by atoms with E-state index in [1.807, 2.05) is 25.5 Å². The number of rotatable bonds is 6. The van der Waals surface area contributed by atoms with Crippen molar-refractivity contribution in [2.45, 2.75) is 6.04 Å². The Morgan fingerprint density at radius 1 is 1.41 bits per heavy atom. The van der Waals surface area contributed by atoms with Gasteiger partial charge in [0.2, 0.25) is 5.88 Å². The maximum absolute atomic E-state index is 12.0. The number of amides is 2. The summed E-state index contributed by atoms with van der Waals surface area (Å²) in [6.45, 7) is 0.531. The summed E-state index contributed by atoms with van der Waals surface area (Å²) in [7, 11) is 5.54. The lowest BCUT2D eigenvalue weighted by Crippen LogP contribution is -2.36. The number of aromatic nitrogens is 1. The number of nitrogens with zero attached hydrogens (tertiary/aromatic N) is 2. The normalized spacial score (nSPS) is 12.0. The number of ether oxygens (including phenoxy) is 1. The van der Waals surface area contributed by atoms with E-state index in [4.69, 9.17) is 4.74 Å². The van der Waals surface area contributed by atoms with Crippen LogP contribution in [-0.4, -0.2) is 43.7 Å². The zero-order valence-electron chi connectivity index (χ0n) is 12.9. The summed E-state index contributed by atoms with van der Waals surface area (Å²) in [4.78, 5) is 19.3. The molecule has 0 fully saturated rings. The number of anilines is 1. The molecule has 1 atom stereocenters. The second-order valence-corrected chi connectivity index (χ2v) is 5.90. The van der Waals surface area contributed by atoms with Gasteiger partial charge in [-0.25, -0.2) is 9.78 Å². The molecule has 2 aromatic rings. The summed E-state index contributed by atoms with van der Waals surface area (Å²) >= 11 is 1.68. The molecular weight excluding hydrogens is 300 g/mol. The molecule has 0 saturated carbocycles. The van der Waals surface area contributed by atoms with Gasteiger partial charge in [-0.1, -0.05) is 6.07 Å². The van der Waals surface area contributed by atoms with Crippen LogP contribution in [0.15, 0.2) is 35.8 Å². The number of carbonyl (C=O) groups is 1. The predicted molar refractivity (Wildman–Crippen MR) is 88.6 cm³/mol. The first-order valence-electron chi connectivity index (χ1n) is 6.85. The van der Waals surface area contributed by atoms with E-state index in [-0.39, 0.29) is 12.1 Å². The lowest BCUT2D eigenvalue weighted by molar-refractivity contribution is 0.244. The lowest BCUT2D eigenvalue weighted by atomic mass is 10.2. The molecule has 22 heavy (non-hydrogen) atoms. The molecule has 0 spiro atoms. The molecule has 0 saturated heterocycles. The quantitative estimate of drug-likeness (QED) is 0.858. The van der Waals surface area contributed by atoms with Crippen LogP contribution in [0.3, 0.4) is 0 Å². The van der Waals surface area contributed by atoms with Gasteiger partial charge in [0.1, 0.15) is 0 Å². The number of urea groups is 1. The lowest BCUT2D eigenvalue weighted by Gasteiger charge is -2.23. The van der Waals surface area contributed by atoms with E-state index in [0.717, 1.165) is 0 Å². The average molecular weight is 320 g/mol. The van der Waals surface area contributed by atoms with Crippen molar-refractivity contribution in [1.29, 1.82) is 0 Å². The number of pyridine rings is 1. The minimum Gasteiger partial charge on any atom is -0.481 e. The van der Waals surface area contributed by atoms with E-state index in [2.05, 4.69) is 26.6 Å². The van der Waals surface area contributed by atoms with Crippen LogP contribution < -0.4 is 15.4 Å². The first-order valence-corrected chi connectivity index (χ1v) is 7.73. The Morgan fingerprint density at radius 3 is 2.77 bits per heavy atom. The number of carbonyl (C=O) groups excluding carboxylic acids is 1. The molecule has 6 nitrogen and oxygen atoms in total. The van der Waals surface area contributed by atoms with Crippen molar-refractivity contribution in [3.05, 3.63) is 40.7 Å². The van der Waals surface area contributed by atoms with Gasteiger partial charge < -0.3 is 20.3 Å². The van der Waals surface area contributed by atoms with Crippen molar-refractivity contribution in [3.8, 4) is 5.88 Å². The molecule has 1 unspecified atom stereocenters. The summed E-state index contributed by atoms with van der Waals surface area (Å²) in [5.41, 5.74) is 0.621.